The van der Waals surface area contributed by atoms with Crippen LogP contribution >= 0.6 is 23.1 Å². The highest BCUT2D eigenvalue weighted by Gasteiger charge is 2.57. The fourth-order valence-electron chi connectivity index (χ4n) is 5.57. The summed E-state index contributed by atoms with van der Waals surface area (Å²) < 4.78 is 47.4. The number of rotatable bonds is 6. The minimum Gasteiger partial charge on any atom is -0.496 e. The molecule has 3 amide bonds. The Morgan fingerprint density at radius 1 is 0.977 bits per heavy atom. The number of hydrogen-bond donors (Lipinski definition) is 1. The number of anilines is 2. The molecule has 6 rings (SSSR count). The standard InChI is InChI=1S/C31H24F3N3O5S2/c1-16-10-12-18(13-11-16)35-22(38)15-36-29-26(44-30(36)41)23(20-8-3-4-9-21(20)42-2)24-25(43-29)28(40)37(27(24)39)19-7-5-6-17(14-19)31(32,33)34/h3-14,23-25H,15H2,1-2H3,(H,35,38). The molecule has 1 saturated heterocycles. The first kappa shape index (κ1) is 29.7. The molecule has 8 nitrogen and oxygen atoms in total. The third-order valence-electron chi connectivity index (χ3n) is 7.59. The molecule has 4 aromatic rings. The van der Waals surface area contributed by atoms with E-state index >= 15 is 0 Å². The number of nitrogens with zero attached hydrogens (tertiary/aromatic N) is 2. The van der Waals surface area contributed by atoms with Gasteiger partial charge in [0.05, 0.1) is 29.3 Å². The molecule has 13 heteroatoms. The number of thioether (sulfide) groups is 1. The molecular weight excluding hydrogens is 615 g/mol. The van der Waals surface area contributed by atoms with Gasteiger partial charge in [-0.25, -0.2) is 4.90 Å². The van der Waals surface area contributed by atoms with Crippen molar-refractivity contribution in [2.24, 2.45) is 5.92 Å². The molecule has 0 bridgehead atoms. The Hall–Kier alpha value is -4.36. The topological polar surface area (TPSA) is 97.7 Å². The van der Waals surface area contributed by atoms with Gasteiger partial charge in [-0.15, -0.1) is 0 Å². The van der Waals surface area contributed by atoms with Crippen LogP contribution in [-0.2, 0) is 27.1 Å². The monoisotopic (exact) mass is 639 g/mol. The highest BCUT2D eigenvalue weighted by molar-refractivity contribution is 8.00. The second kappa shape index (κ2) is 11.3. The molecule has 3 atom stereocenters. The van der Waals surface area contributed by atoms with Gasteiger partial charge in [0, 0.05) is 22.0 Å². The van der Waals surface area contributed by atoms with Crippen LogP contribution in [0.15, 0.2) is 82.6 Å². The normalized spacial score (nSPS) is 19.5. The number of nitrogens with one attached hydrogen (secondary N) is 1. The number of amides is 3. The Morgan fingerprint density at radius 2 is 1.70 bits per heavy atom. The van der Waals surface area contributed by atoms with Crippen LogP contribution in [0, 0.1) is 12.8 Å². The molecule has 226 valence electrons. The van der Waals surface area contributed by atoms with Gasteiger partial charge in [-0.2, -0.15) is 13.2 Å². The molecule has 0 aliphatic carbocycles. The molecule has 1 N–H and O–H groups in total. The number of alkyl halides is 3. The van der Waals surface area contributed by atoms with Gasteiger partial charge in [0.25, 0.3) is 0 Å². The van der Waals surface area contributed by atoms with Crippen molar-refractivity contribution in [1.29, 1.82) is 0 Å². The number of ether oxygens (including phenoxy) is 1. The predicted molar refractivity (Wildman–Crippen MR) is 160 cm³/mol. The summed E-state index contributed by atoms with van der Waals surface area (Å²) in [7, 11) is 1.45. The molecule has 1 aromatic heterocycles. The second-order valence-electron chi connectivity index (χ2n) is 10.4. The van der Waals surface area contributed by atoms with Crippen molar-refractivity contribution < 1.29 is 32.3 Å². The number of methoxy groups -OCH3 is 1. The summed E-state index contributed by atoms with van der Waals surface area (Å²) in [5.74, 6) is -3.32. The third-order valence-corrected chi connectivity index (χ3v) is 10.2. The molecule has 0 spiro atoms. The Morgan fingerprint density at radius 3 is 2.41 bits per heavy atom. The van der Waals surface area contributed by atoms with Crippen molar-refractivity contribution >= 4 is 52.2 Å². The second-order valence-corrected chi connectivity index (χ2v) is 12.5. The largest absolute Gasteiger partial charge is 0.496 e. The minimum atomic E-state index is -4.68. The van der Waals surface area contributed by atoms with E-state index in [0.29, 0.717) is 26.9 Å². The smallest absolute Gasteiger partial charge is 0.416 e. The first-order valence-corrected chi connectivity index (χ1v) is 15.1. The summed E-state index contributed by atoms with van der Waals surface area (Å²) in [6, 6.07) is 18.1. The van der Waals surface area contributed by atoms with E-state index < -0.39 is 51.4 Å². The van der Waals surface area contributed by atoms with Crippen LogP contribution in [0.5, 0.6) is 5.75 Å². The van der Waals surface area contributed by atoms with Gasteiger partial charge >= 0.3 is 11.0 Å². The SMILES string of the molecule is COc1ccccc1C1c2sc(=O)n(CC(=O)Nc3ccc(C)cc3)c2SC2C(=O)N(c3cccc(C(F)(F)F)c3)C(=O)C21. The zero-order valence-electron chi connectivity index (χ0n) is 23.3. The number of hydrogen-bond acceptors (Lipinski definition) is 7. The van der Waals surface area contributed by atoms with Gasteiger partial charge in [0.2, 0.25) is 17.7 Å². The first-order chi connectivity index (χ1) is 21.0. The van der Waals surface area contributed by atoms with Gasteiger partial charge in [-0.3, -0.25) is 23.7 Å². The molecule has 1 fully saturated rings. The van der Waals surface area contributed by atoms with Crippen molar-refractivity contribution in [3.63, 3.8) is 0 Å². The van der Waals surface area contributed by atoms with E-state index in [2.05, 4.69) is 5.32 Å². The Kier molecular flexibility index (Phi) is 7.62. The molecular formula is C31H24F3N3O5S2. The molecule has 3 unspecified atom stereocenters. The lowest BCUT2D eigenvalue weighted by Gasteiger charge is -2.31. The molecule has 3 aromatic carbocycles. The van der Waals surface area contributed by atoms with E-state index in [0.717, 1.165) is 51.8 Å². The van der Waals surface area contributed by atoms with Crippen LogP contribution in [-0.4, -0.2) is 34.6 Å². The zero-order chi connectivity index (χ0) is 31.3. The average molecular weight is 640 g/mol. The van der Waals surface area contributed by atoms with Crippen LogP contribution in [0.2, 0.25) is 0 Å². The van der Waals surface area contributed by atoms with E-state index in [4.69, 9.17) is 4.74 Å². The number of carbonyl (C=O) groups excluding carboxylic acids is 3. The first-order valence-electron chi connectivity index (χ1n) is 13.4. The number of benzene rings is 3. The lowest BCUT2D eigenvalue weighted by molar-refractivity contribution is -0.137. The van der Waals surface area contributed by atoms with Gasteiger partial charge in [-0.1, -0.05) is 65.1 Å². The van der Waals surface area contributed by atoms with Crippen LogP contribution in [0.1, 0.15) is 27.5 Å². The van der Waals surface area contributed by atoms with Crippen molar-refractivity contribution in [3.05, 3.63) is 104 Å². The fraction of sp³-hybridized carbons (Fsp3) is 0.226. The maximum Gasteiger partial charge on any atom is 0.416 e. The molecule has 0 saturated carbocycles. The van der Waals surface area contributed by atoms with Gasteiger partial charge in [-0.05, 0) is 43.3 Å². The molecule has 44 heavy (non-hydrogen) atoms. The number of halogens is 3. The Bertz CT molecular complexity index is 1850. The van der Waals surface area contributed by atoms with Gasteiger partial charge in [0.15, 0.2) is 0 Å². The van der Waals surface area contributed by atoms with Gasteiger partial charge in [0.1, 0.15) is 17.5 Å². The lowest BCUT2D eigenvalue weighted by atomic mass is 9.82. The van der Waals surface area contributed by atoms with Crippen LogP contribution < -0.4 is 19.8 Å². The predicted octanol–water partition coefficient (Wildman–Crippen LogP) is 5.68. The summed E-state index contributed by atoms with van der Waals surface area (Å²) >= 11 is 1.84. The van der Waals surface area contributed by atoms with Crippen LogP contribution in [0.4, 0.5) is 24.5 Å². The number of fused-ring (bicyclic) bond motifs is 2. The Labute approximate surface area is 257 Å². The van der Waals surface area contributed by atoms with E-state index in [1.165, 1.54) is 17.7 Å². The summed E-state index contributed by atoms with van der Waals surface area (Å²) in [5, 5.41) is 2.05. The number of aryl methyl sites for hydroxylation is 1. The summed E-state index contributed by atoms with van der Waals surface area (Å²) in [4.78, 5) is 55.1. The number of carbonyl (C=O) groups is 3. The molecule has 2 aliphatic heterocycles. The van der Waals surface area contributed by atoms with E-state index in [-0.39, 0.29) is 12.2 Å². The van der Waals surface area contributed by atoms with E-state index in [1.54, 1.807) is 36.4 Å². The lowest BCUT2D eigenvalue weighted by Crippen LogP contribution is -2.33. The quantitative estimate of drug-likeness (QED) is 0.273. The number of para-hydroxylation sites is 1. The third kappa shape index (κ3) is 5.19. The Balaban J connectivity index is 1.43. The molecule has 0 radical (unpaired) electrons. The number of thiazole rings is 1. The fourth-order valence-corrected chi connectivity index (χ4v) is 8.33. The van der Waals surface area contributed by atoms with Crippen molar-refractivity contribution in [1.82, 2.24) is 4.57 Å². The van der Waals surface area contributed by atoms with Crippen molar-refractivity contribution in [3.8, 4) is 5.75 Å². The minimum absolute atomic E-state index is 0.193. The van der Waals surface area contributed by atoms with Crippen molar-refractivity contribution in [2.75, 3.05) is 17.3 Å². The van der Waals surface area contributed by atoms with E-state index in [1.807, 2.05) is 19.1 Å². The van der Waals surface area contributed by atoms with Crippen LogP contribution in [0.25, 0.3) is 0 Å². The molecule has 3 heterocycles. The maximum atomic E-state index is 14.0. The summed E-state index contributed by atoms with van der Waals surface area (Å²) in [6.07, 6.45) is -4.68. The zero-order valence-corrected chi connectivity index (χ0v) is 24.9. The van der Waals surface area contributed by atoms with Crippen LogP contribution in [0.3, 0.4) is 0 Å². The van der Waals surface area contributed by atoms with Gasteiger partial charge < -0.3 is 10.1 Å². The molecule has 2 aliphatic rings. The number of imide groups is 1. The highest BCUT2D eigenvalue weighted by Crippen LogP contribution is 2.55. The van der Waals surface area contributed by atoms with E-state index in [9.17, 15) is 32.3 Å². The van der Waals surface area contributed by atoms with Crippen molar-refractivity contribution in [2.45, 2.75) is 35.8 Å². The average Bonchev–Trinajstić information content (AvgIpc) is 3.44. The number of aromatic nitrogens is 1. The summed E-state index contributed by atoms with van der Waals surface area (Å²) in [6.45, 7) is 1.57. The maximum absolute atomic E-state index is 14.0. The highest BCUT2D eigenvalue weighted by atomic mass is 32.2. The summed E-state index contributed by atoms with van der Waals surface area (Å²) in [5.41, 5.74) is 0.907.